The summed E-state index contributed by atoms with van der Waals surface area (Å²) >= 11 is 1.83. The summed E-state index contributed by atoms with van der Waals surface area (Å²) in [6.45, 7) is 0. The van der Waals surface area contributed by atoms with Gasteiger partial charge in [0.15, 0.2) is 17.5 Å². The third-order valence-corrected chi connectivity index (χ3v) is 11.9. The average Bonchev–Trinajstić information content (AvgIpc) is 3.83. The molecular weight excluding hydrogens is 701 g/mol. The van der Waals surface area contributed by atoms with E-state index in [9.17, 15) is 0 Å². The van der Waals surface area contributed by atoms with Crippen LogP contribution in [-0.2, 0) is 0 Å². The molecule has 0 radical (unpaired) electrons. The molecule has 8 aromatic carbocycles. The standard InChI is InChI=1S/C51H32N4S/c1-5-15-33(16-6-1)39-27-28-41(51-53-49(34-17-7-2-8-18-34)52-50(54-51)35-19-9-3-10-20-35)47-43-32-37(26-30-46(43)56-48(39)47)36-25-29-45-42(31-36)40-23-13-14-24-44(40)55(45)38-21-11-4-12-22-38/h1-32H. The van der Waals surface area contributed by atoms with Crippen LogP contribution in [0.2, 0.25) is 0 Å². The Morgan fingerprint density at radius 2 is 0.875 bits per heavy atom. The Hall–Kier alpha value is -7.21. The minimum absolute atomic E-state index is 0.651. The van der Waals surface area contributed by atoms with Gasteiger partial charge in [-0.25, -0.2) is 15.0 Å². The van der Waals surface area contributed by atoms with Gasteiger partial charge in [-0.05, 0) is 70.8 Å². The molecule has 0 atom stereocenters. The number of para-hydroxylation sites is 2. The van der Waals surface area contributed by atoms with Gasteiger partial charge in [-0.3, -0.25) is 0 Å². The largest absolute Gasteiger partial charge is 0.309 e. The van der Waals surface area contributed by atoms with Crippen LogP contribution in [0.25, 0.3) is 104 Å². The van der Waals surface area contributed by atoms with Crippen molar-refractivity contribution in [3.05, 3.63) is 194 Å². The van der Waals surface area contributed by atoms with Crippen molar-refractivity contribution < 1.29 is 0 Å². The molecule has 0 amide bonds. The molecule has 0 fully saturated rings. The van der Waals surface area contributed by atoms with Crippen molar-refractivity contribution in [3.8, 4) is 62.1 Å². The SMILES string of the molecule is c1ccc(-c2nc(-c3ccccc3)nc(-c3ccc(-c4ccccc4)c4sc5ccc(-c6ccc7c(c6)c6ccccc6n7-c6ccccc6)cc5c34)n2)cc1. The zero-order valence-corrected chi connectivity index (χ0v) is 31.0. The summed E-state index contributed by atoms with van der Waals surface area (Å²) < 4.78 is 4.80. The maximum atomic E-state index is 5.19. The number of rotatable bonds is 6. The summed E-state index contributed by atoms with van der Waals surface area (Å²) in [5, 5.41) is 4.81. The fourth-order valence-corrected chi connectivity index (χ4v) is 9.27. The highest BCUT2D eigenvalue weighted by atomic mass is 32.1. The molecule has 4 nitrogen and oxygen atoms in total. The van der Waals surface area contributed by atoms with Crippen molar-refractivity contribution in [2.45, 2.75) is 0 Å². The number of benzene rings is 8. The minimum Gasteiger partial charge on any atom is -0.309 e. The zero-order valence-electron chi connectivity index (χ0n) is 30.2. The number of aromatic nitrogens is 4. The third kappa shape index (κ3) is 5.40. The second-order valence-electron chi connectivity index (χ2n) is 14.0. The molecule has 0 aliphatic rings. The second-order valence-corrected chi connectivity index (χ2v) is 15.1. The Balaban J connectivity index is 1.15. The van der Waals surface area contributed by atoms with Gasteiger partial charge in [-0.1, -0.05) is 146 Å². The second kappa shape index (κ2) is 13.3. The van der Waals surface area contributed by atoms with Gasteiger partial charge in [0, 0.05) is 53.3 Å². The molecule has 0 N–H and O–H groups in total. The molecule has 262 valence electrons. The fraction of sp³-hybridized carbons (Fsp3) is 0. The van der Waals surface area contributed by atoms with E-state index in [4.69, 9.17) is 15.0 Å². The van der Waals surface area contributed by atoms with Gasteiger partial charge in [0.2, 0.25) is 0 Å². The normalized spacial score (nSPS) is 11.6. The van der Waals surface area contributed by atoms with Crippen LogP contribution in [0, 0.1) is 0 Å². The number of nitrogens with zero attached hydrogens (tertiary/aromatic N) is 4. The van der Waals surface area contributed by atoms with E-state index in [1.165, 1.54) is 53.3 Å². The molecular formula is C51H32N4S. The van der Waals surface area contributed by atoms with Crippen molar-refractivity contribution in [3.63, 3.8) is 0 Å². The molecule has 5 heteroatoms. The molecule has 11 rings (SSSR count). The number of thiophene rings is 1. The number of hydrogen-bond donors (Lipinski definition) is 0. The summed E-state index contributed by atoms with van der Waals surface area (Å²) in [6.07, 6.45) is 0. The zero-order chi connectivity index (χ0) is 37.0. The summed E-state index contributed by atoms with van der Waals surface area (Å²) in [7, 11) is 0. The lowest BCUT2D eigenvalue weighted by atomic mass is 9.96. The Labute approximate surface area is 327 Å². The first-order chi connectivity index (χ1) is 27.8. The van der Waals surface area contributed by atoms with Crippen LogP contribution in [0.5, 0.6) is 0 Å². The average molecular weight is 733 g/mol. The summed E-state index contributed by atoms with van der Waals surface area (Å²) in [6, 6.07) is 68.6. The Bertz CT molecular complexity index is 3170. The molecule has 3 heterocycles. The van der Waals surface area contributed by atoms with Crippen molar-refractivity contribution in [1.82, 2.24) is 19.5 Å². The van der Waals surface area contributed by atoms with E-state index in [0.29, 0.717) is 17.5 Å². The maximum Gasteiger partial charge on any atom is 0.164 e. The van der Waals surface area contributed by atoms with Crippen LogP contribution in [0.15, 0.2) is 194 Å². The van der Waals surface area contributed by atoms with E-state index >= 15 is 0 Å². The van der Waals surface area contributed by atoms with Crippen molar-refractivity contribution >= 4 is 53.3 Å². The monoisotopic (exact) mass is 732 g/mol. The first kappa shape index (κ1) is 32.2. The Morgan fingerprint density at radius 1 is 0.357 bits per heavy atom. The lowest BCUT2D eigenvalue weighted by Crippen LogP contribution is -2.00. The lowest BCUT2D eigenvalue weighted by Gasteiger charge is -2.12. The van der Waals surface area contributed by atoms with E-state index in [2.05, 4.69) is 162 Å². The van der Waals surface area contributed by atoms with Crippen LogP contribution in [0.1, 0.15) is 0 Å². The van der Waals surface area contributed by atoms with Gasteiger partial charge in [-0.2, -0.15) is 0 Å². The summed E-state index contributed by atoms with van der Waals surface area (Å²) in [5.41, 5.74) is 11.2. The topological polar surface area (TPSA) is 43.6 Å². The Morgan fingerprint density at radius 3 is 1.55 bits per heavy atom. The highest BCUT2D eigenvalue weighted by Gasteiger charge is 2.21. The third-order valence-electron chi connectivity index (χ3n) is 10.7. The van der Waals surface area contributed by atoms with Crippen molar-refractivity contribution in [2.75, 3.05) is 0 Å². The molecule has 0 bridgehead atoms. The first-order valence-corrected chi connectivity index (χ1v) is 19.6. The predicted octanol–water partition coefficient (Wildman–Crippen LogP) is 13.7. The first-order valence-electron chi connectivity index (χ1n) is 18.8. The minimum atomic E-state index is 0.651. The maximum absolute atomic E-state index is 5.19. The molecule has 0 unspecified atom stereocenters. The molecule has 3 aromatic heterocycles. The highest BCUT2D eigenvalue weighted by molar-refractivity contribution is 7.26. The molecule has 56 heavy (non-hydrogen) atoms. The van der Waals surface area contributed by atoms with E-state index < -0.39 is 0 Å². The van der Waals surface area contributed by atoms with Crippen molar-refractivity contribution in [2.24, 2.45) is 0 Å². The molecule has 0 spiro atoms. The fourth-order valence-electron chi connectivity index (χ4n) is 8.03. The van der Waals surface area contributed by atoms with E-state index in [1.54, 1.807) is 0 Å². The Kier molecular flexibility index (Phi) is 7.64. The van der Waals surface area contributed by atoms with Crippen LogP contribution < -0.4 is 0 Å². The number of fused-ring (bicyclic) bond motifs is 6. The molecule has 0 aliphatic heterocycles. The van der Waals surface area contributed by atoms with Gasteiger partial charge in [0.05, 0.1) is 11.0 Å². The lowest BCUT2D eigenvalue weighted by molar-refractivity contribution is 1.08. The molecule has 0 aliphatic carbocycles. The number of hydrogen-bond acceptors (Lipinski definition) is 4. The van der Waals surface area contributed by atoms with Crippen LogP contribution in [0.4, 0.5) is 0 Å². The smallest absolute Gasteiger partial charge is 0.164 e. The predicted molar refractivity (Wildman–Crippen MR) is 234 cm³/mol. The van der Waals surface area contributed by atoms with Gasteiger partial charge in [0.25, 0.3) is 0 Å². The van der Waals surface area contributed by atoms with Gasteiger partial charge >= 0.3 is 0 Å². The molecule has 11 aromatic rings. The molecule has 0 saturated carbocycles. The molecule has 0 saturated heterocycles. The van der Waals surface area contributed by atoms with Crippen LogP contribution >= 0.6 is 11.3 Å². The van der Waals surface area contributed by atoms with Crippen LogP contribution in [-0.4, -0.2) is 19.5 Å². The van der Waals surface area contributed by atoms with E-state index in [0.717, 1.165) is 33.3 Å². The highest BCUT2D eigenvalue weighted by Crippen LogP contribution is 2.46. The van der Waals surface area contributed by atoms with Gasteiger partial charge in [-0.15, -0.1) is 11.3 Å². The van der Waals surface area contributed by atoms with E-state index in [-0.39, 0.29) is 0 Å². The summed E-state index contributed by atoms with van der Waals surface area (Å²) in [4.78, 5) is 15.4. The summed E-state index contributed by atoms with van der Waals surface area (Å²) in [5.74, 6) is 1.96. The van der Waals surface area contributed by atoms with Gasteiger partial charge < -0.3 is 4.57 Å². The van der Waals surface area contributed by atoms with E-state index in [1.807, 2.05) is 47.7 Å². The van der Waals surface area contributed by atoms with Gasteiger partial charge in [0.1, 0.15) is 0 Å². The quantitative estimate of drug-likeness (QED) is 0.171. The van der Waals surface area contributed by atoms with Crippen molar-refractivity contribution in [1.29, 1.82) is 0 Å². The van der Waals surface area contributed by atoms with Crippen LogP contribution in [0.3, 0.4) is 0 Å².